The fourth-order valence-corrected chi connectivity index (χ4v) is 1.70. The van der Waals surface area contributed by atoms with E-state index in [4.69, 9.17) is 11.6 Å². The minimum atomic E-state index is -0.401. The largest absolute Gasteiger partial charge is 0.369 e. The van der Waals surface area contributed by atoms with E-state index in [0.717, 1.165) is 11.3 Å². The molecule has 1 atom stereocenters. The van der Waals surface area contributed by atoms with Gasteiger partial charge in [0.15, 0.2) is 0 Å². The predicted molar refractivity (Wildman–Crippen MR) is 50.1 cm³/mol. The molecule has 4 nitrogen and oxygen atoms in total. The first-order chi connectivity index (χ1) is 6.16. The van der Waals surface area contributed by atoms with Crippen molar-refractivity contribution in [2.45, 2.75) is 11.9 Å². The van der Waals surface area contributed by atoms with Crippen LogP contribution in [-0.4, -0.2) is 10.4 Å². The summed E-state index contributed by atoms with van der Waals surface area (Å²) in [7, 11) is 0. The molecule has 1 unspecified atom stereocenters. The van der Waals surface area contributed by atoms with Crippen LogP contribution in [0, 0.1) is 10.1 Å². The van der Waals surface area contributed by atoms with Crippen LogP contribution in [0.3, 0.4) is 0 Å². The summed E-state index contributed by atoms with van der Waals surface area (Å²) in [4.78, 5) is 10.0. The van der Waals surface area contributed by atoms with Gasteiger partial charge in [-0.2, -0.15) is 0 Å². The van der Waals surface area contributed by atoms with Gasteiger partial charge >= 0.3 is 0 Å². The maximum atomic E-state index is 10.4. The van der Waals surface area contributed by atoms with Crippen LogP contribution >= 0.6 is 11.6 Å². The second-order valence-electron chi connectivity index (χ2n) is 2.91. The average Bonchev–Trinajstić information content (AvgIpc) is 2.42. The third-order valence-electron chi connectivity index (χ3n) is 2.01. The fraction of sp³-hybridized carbons (Fsp3) is 0.250. The van der Waals surface area contributed by atoms with Gasteiger partial charge in [-0.05, 0) is 11.6 Å². The summed E-state index contributed by atoms with van der Waals surface area (Å²) in [5.41, 5.74) is 1.78. The Morgan fingerprint density at radius 1 is 1.62 bits per heavy atom. The first-order valence-electron chi connectivity index (χ1n) is 3.85. The van der Waals surface area contributed by atoms with E-state index in [1.165, 1.54) is 6.07 Å². The van der Waals surface area contributed by atoms with Crippen molar-refractivity contribution in [2.75, 3.05) is 5.32 Å². The Morgan fingerprint density at radius 2 is 2.38 bits per heavy atom. The van der Waals surface area contributed by atoms with Crippen LogP contribution in [0.25, 0.3) is 0 Å². The smallest absolute Gasteiger partial charge is 0.269 e. The van der Waals surface area contributed by atoms with E-state index in [-0.39, 0.29) is 11.2 Å². The van der Waals surface area contributed by atoms with Gasteiger partial charge in [-0.3, -0.25) is 10.1 Å². The van der Waals surface area contributed by atoms with Gasteiger partial charge in [-0.1, -0.05) is 11.6 Å². The Kier molecular flexibility index (Phi) is 1.84. The average molecular weight is 199 g/mol. The first-order valence-corrected chi connectivity index (χ1v) is 4.28. The Bertz CT molecular complexity index is 367. The molecule has 0 saturated carbocycles. The third kappa shape index (κ3) is 1.45. The number of rotatable bonds is 1. The zero-order chi connectivity index (χ0) is 9.42. The summed E-state index contributed by atoms with van der Waals surface area (Å²) in [5.74, 6) is 0. The lowest BCUT2D eigenvalue weighted by atomic mass is 10.1. The second kappa shape index (κ2) is 2.88. The van der Waals surface area contributed by atoms with Crippen LogP contribution in [0.15, 0.2) is 18.2 Å². The lowest BCUT2D eigenvalue weighted by Crippen LogP contribution is -2.04. The lowest BCUT2D eigenvalue weighted by Gasteiger charge is -1.99. The molecule has 0 saturated heterocycles. The second-order valence-corrected chi connectivity index (χ2v) is 3.44. The predicted octanol–water partition coefficient (Wildman–Crippen LogP) is 2.13. The zero-order valence-corrected chi connectivity index (χ0v) is 7.41. The molecule has 0 aromatic heterocycles. The summed E-state index contributed by atoms with van der Waals surface area (Å²) < 4.78 is 0. The molecule has 0 aliphatic carbocycles. The van der Waals surface area contributed by atoms with E-state index < -0.39 is 4.92 Å². The number of nitrogens with zero attached hydrogens (tertiary/aromatic N) is 1. The van der Waals surface area contributed by atoms with Gasteiger partial charge in [-0.25, -0.2) is 0 Å². The van der Waals surface area contributed by atoms with E-state index in [1.807, 2.05) is 0 Å². The van der Waals surface area contributed by atoms with Crippen LogP contribution in [0.4, 0.5) is 11.4 Å². The van der Waals surface area contributed by atoms with Crippen molar-refractivity contribution in [3.05, 3.63) is 33.9 Å². The minimum absolute atomic E-state index is 0.117. The van der Waals surface area contributed by atoms with Crippen molar-refractivity contribution in [2.24, 2.45) is 0 Å². The van der Waals surface area contributed by atoms with Crippen molar-refractivity contribution in [1.82, 2.24) is 0 Å². The molecule has 68 valence electrons. The summed E-state index contributed by atoms with van der Waals surface area (Å²) in [6.07, 6.45) is 0.637. The minimum Gasteiger partial charge on any atom is -0.369 e. The maximum Gasteiger partial charge on any atom is 0.269 e. The molecule has 13 heavy (non-hydrogen) atoms. The number of hydrogen-bond donors (Lipinski definition) is 1. The highest BCUT2D eigenvalue weighted by molar-refractivity contribution is 6.22. The van der Waals surface area contributed by atoms with Crippen molar-refractivity contribution in [3.63, 3.8) is 0 Å². The SMILES string of the molecule is O=[N+]([O-])c1ccc2c(c1)CC(Cl)N2. The highest BCUT2D eigenvalue weighted by atomic mass is 35.5. The molecular formula is C8H7ClN2O2. The highest BCUT2D eigenvalue weighted by Gasteiger charge is 2.20. The molecule has 1 aromatic carbocycles. The number of fused-ring (bicyclic) bond motifs is 1. The van der Waals surface area contributed by atoms with Gasteiger partial charge in [0.2, 0.25) is 0 Å². The van der Waals surface area contributed by atoms with Crippen LogP contribution in [-0.2, 0) is 6.42 Å². The number of non-ortho nitro benzene ring substituents is 1. The summed E-state index contributed by atoms with van der Waals surface area (Å²) in [6.45, 7) is 0. The molecule has 0 amide bonds. The standard InChI is InChI=1S/C8H7ClN2O2/c9-8-4-5-3-6(11(12)13)1-2-7(5)10-8/h1-3,8,10H,4H2. The van der Waals surface area contributed by atoms with Crippen molar-refractivity contribution >= 4 is 23.0 Å². The number of anilines is 1. The third-order valence-corrected chi connectivity index (χ3v) is 2.27. The zero-order valence-electron chi connectivity index (χ0n) is 6.66. The number of hydrogen-bond acceptors (Lipinski definition) is 3. The number of nitro benzene ring substituents is 1. The van der Waals surface area contributed by atoms with Crippen LogP contribution in [0.1, 0.15) is 5.56 Å². The van der Waals surface area contributed by atoms with Crippen LogP contribution in [0.5, 0.6) is 0 Å². The molecule has 1 N–H and O–H groups in total. The number of halogens is 1. The fourth-order valence-electron chi connectivity index (χ4n) is 1.42. The monoisotopic (exact) mass is 198 g/mol. The van der Waals surface area contributed by atoms with E-state index in [1.54, 1.807) is 12.1 Å². The number of benzene rings is 1. The van der Waals surface area contributed by atoms with Crippen molar-refractivity contribution < 1.29 is 4.92 Å². The van der Waals surface area contributed by atoms with Gasteiger partial charge in [0.1, 0.15) is 5.50 Å². The van der Waals surface area contributed by atoms with Crippen molar-refractivity contribution in [1.29, 1.82) is 0 Å². The molecule has 1 aliphatic rings. The maximum absolute atomic E-state index is 10.4. The molecule has 0 fully saturated rings. The number of alkyl halides is 1. The molecule has 0 bridgehead atoms. The first kappa shape index (κ1) is 8.31. The van der Waals surface area contributed by atoms with E-state index in [9.17, 15) is 10.1 Å². The topological polar surface area (TPSA) is 55.2 Å². The molecule has 2 rings (SSSR count). The Labute approximate surface area is 79.7 Å². The van der Waals surface area contributed by atoms with Crippen molar-refractivity contribution in [3.8, 4) is 0 Å². The molecule has 1 heterocycles. The van der Waals surface area contributed by atoms with E-state index >= 15 is 0 Å². The Morgan fingerprint density at radius 3 is 3.08 bits per heavy atom. The summed E-state index contributed by atoms with van der Waals surface area (Å²) in [5, 5.41) is 13.4. The van der Waals surface area contributed by atoms with Crippen LogP contribution in [0.2, 0.25) is 0 Å². The molecule has 1 aliphatic heterocycles. The molecular weight excluding hydrogens is 192 g/mol. The van der Waals surface area contributed by atoms with Gasteiger partial charge < -0.3 is 5.32 Å². The summed E-state index contributed by atoms with van der Waals surface area (Å²) >= 11 is 5.83. The van der Waals surface area contributed by atoms with E-state index in [2.05, 4.69) is 5.32 Å². The van der Waals surface area contributed by atoms with Crippen LogP contribution < -0.4 is 5.32 Å². The summed E-state index contributed by atoms with van der Waals surface area (Å²) in [6, 6.07) is 4.72. The Balaban J connectivity index is 2.40. The lowest BCUT2D eigenvalue weighted by molar-refractivity contribution is -0.384. The van der Waals surface area contributed by atoms with Gasteiger partial charge in [-0.15, -0.1) is 0 Å². The van der Waals surface area contributed by atoms with Gasteiger partial charge in [0, 0.05) is 24.2 Å². The van der Waals surface area contributed by atoms with E-state index in [0.29, 0.717) is 6.42 Å². The molecule has 5 heteroatoms. The number of nitro groups is 1. The molecule has 0 radical (unpaired) electrons. The highest BCUT2D eigenvalue weighted by Crippen LogP contribution is 2.30. The number of nitrogens with one attached hydrogen (secondary N) is 1. The molecule has 0 spiro atoms. The molecule has 1 aromatic rings. The quantitative estimate of drug-likeness (QED) is 0.326. The Hall–Kier alpha value is -1.29. The van der Waals surface area contributed by atoms with Gasteiger partial charge in [0.25, 0.3) is 5.69 Å². The van der Waals surface area contributed by atoms with Gasteiger partial charge in [0.05, 0.1) is 4.92 Å². The normalized spacial score (nSPS) is 19.3.